The van der Waals surface area contributed by atoms with Gasteiger partial charge in [-0.2, -0.15) is 13.2 Å². The number of ether oxygens (including phenoxy) is 2. The minimum Gasteiger partial charge on any atom is -0.497 e. The fraction of sp³-hybridized carbons (Fsp3) is 0.486. The smallest absolute Gasteiger partial charge is 0.390 e. The van der Waals surface area contributed by atoms with E-state index in [0.717, 1.165) is 23.3 Å². The lowest BCUT2D eigenvalue weighted by molar-refractivity contribution is -0.150. The molecule has 3 aromatic rings. The number of likely N-dealkylation sites (tertiary alicyclic amines) is 1. The number of carbonyl (C=O) groups is 3. The summed E-state index contributed by atoms with van der Waals surface area (Å²) in [7, 11) is 1.55. The van der Waals surface area contributed by atoms with Gasteiger partial charge in [-0.1, -0.05) is 51.1 Å². The molecule has 2 heterocycles. The zero-order valence-electron chi connectivity index (χ0n) is 27.4. The molecular formula is C35H41F3N4O6. The van der Waals surface area contributed by atoms with Crippen molar-refractivity contribution in [1.82, 2.24) is 20.1 Å². The molecule has 1 aliphatic heterocycles. The zero-order valence-corrected chi connectivity index (χ0v) is 27.4. The topological polar surface area (TPSA) is 121 Å². The second kappa shape index (κ2) is 13.9. The molecule has 1 aromatic heterocycles. The number of carbonyl (C=O) groups excluding carboxylic acids is 2. The summed E-state index contributed by atoms with van der Waals surface area (Å²) in [6.45, 7) is 4.65. The number of aromatic nitrogens is 1. The van der Waals surface area contributed by atoms with Crippen molar-refractivity contribution in [3.63, 3.8) is 0 Å². The van der Waals surface area contributed by atoms with Crippen molar-refractivity contribution < 1.29 is 42.1 Å². The fourth-order valence-electron chi connectivity index (χ4n) is 5.88. The van der Waals surface area contributed by atoms with E-state index in [9.17, 15) is 32.7 Å². The highest BCUT2D eigenvalue weighted by molar-refractivity contribution is 5.92. The Labute approximate surface area is 277 Å². The Morgan fingerprint density at radius 1 is 1.08 bits per heavy atom. The number of nitrogens with zero attached hydrogens (tertiary/aromatic N) is 3. The van der Waals surface area contributed by atoms with Gasteiger partial charge in [0.25, 0.3) is 0 Å². The lowest BCUT2D eigenvalue weighted by atomic mass is 9.85. The third-order valence-corrected chi connectivity index (χ3v) is 8.68. The molecule has 0 radical (unpaired) electrons. The van der Waals surface area contributed by atoms with E-state index in [0.29, 0.717) is 28.1 Å². The molecule has 5 rings (SSSR count). The van der Waals surface area contributed by atoms with Crippen molar-refractivity contribution in [3.8, 4) is 22.8 Å². The Hall–Kier alpha value is -4.55. The van der Waals surface area contributed by atoms with Crippen molar-refractivity contribution in [1.29, 1.82) is 0 Å². The van der Waals surface area contributed by atoms with Gasteiger partial charge in [0.1, 0.15) is 29.7 Å². The quantitative estimate of drug-likeness (QED) is 0.252. The summed E-state index contributed by atoms with van der Waals surface area (Å²) < 4.78 is 51.0. The predicted molar refractivity (Wildman–Crippen MR) is 173 cm³/mol. The third-order valence-electron chi connectivity index (χ3n) is 8.68. The number of halogens is 3. The van der Waals surface area contributed by atoms with Gasteiger partial charge in [-0.3, -0.25) is 4.79 Å². The summed E-state index contributed by atoms with van der Waals surface area (Å²) in [6, 6.07) is 13.3. The van der Waals surface area contributed by atoms with Crippen LogP contribution >= 0.6 is 0 Å². The van der Waals surface area contributed by atoms with E-state index in [1.54, 1.807) is 52.1 Å². The van der Waals surface area contributed by atoms with Gasteiger partial charge in [-0.15, -0.1) is 0 Å². The van der Waals surface area contributed by atoms with Gasteiger partial charge in [-0.25, -0.2) is 14.6 Å². The molecule has 3 unspecified atom stereocenters. The van der Waals surface area contributed by atoms with Crippen LogP contribution in [-0.2, 0) is 9.59 Å². The molecule has 10 nitrogen and oxygen atoms in total. The van der Waals surface area contributed by atoms with E-state index in [1.807, 2.05) is 30.3 Å². The largest absolute Gasteiger partial charge is 0.497 e. The summed E-state index contributed by atoms with van der Waals surface area (Å²) >= 11 is 0. The fourth-order valence-corrected chi connectivity index (χ4v) is 5.88. The maximum absolute atomic E-state index is 14.1. The van der Waals surface area contributed by atoms with Crippen molar-refractivity contribution in [2.75, 3.05) is 26.7 Å². The lowest BCUT2D eigenvalue weighted by Crippen LogP contribution is -2.59. The maximum atomic E-state index is 14.1. The van der Waals surface area contributed by atoms with Crippen LogP contribution < -0.4 is 14.8 Å². The Morgan fingerprint density at radius 2 is 1.79 bits per heavy atom. The summed E-state index contributed by atoms with van der Waals surface area (Å²) in [5.41, 5.74) is 1.18. The number of methoxy groups -OCH3 is 1. The minimum absolute atomic E-state index is 0.0219. The van der Waals surface area contributed by atoms with Crippen LogP contribution in [0.4, 0.5) is 18.0 Å². The SMILES string of the molecule is COc1ccc2c(OC3CC(C(=O)O)N(C(=O)C(NC(=O)N(CCC(F)(F)F)CC4CC4)C(C)(C)C)C3)cc(-c3ccccc3)nc2c1. The lowest BCUT2D eigenvalue weighted by Gasteiger charge is -2.36. The first-order valence-corrected chi connectivity index (χ1v) is 16.0. The number of urea groups is 1. The molecule has 1 aliphatic carbocycles. The van der Waals surface area contributed by atoms with Gasteiger partial charge in [0.05, 0.1) is 31.3 Å². The highest BCUT2D eigenvalue weighted by Crippen LogP contribution is 2.36. The van der Waals surface area contributed by atoms with Gasteiger partial charge in [-0.05, 0) is 36.3 Å². The normalized spacial score (nSPS) is 18.8. The van der Waals surface area contributed by atoms with Gasteiger partial charge in [0, 0.05) is 42.6 Å². The molecule has 3 atom stereocenters. The first kappa shape index (κ1) is 34.8. The summed E-state index contributed by atoms with van der Waals surface area (Å²) in [5.74, 6) is -0.715. The molecule has 1 saturated heterocycles. The van der Waals surface area contributed by atoms with E-state index in [4.69, 9.17) is 14.5 Å². The van der Waals surface area contributed by atoms with Gasteiger partial charge in [0.15, 0.2) is 0 Å². The molecule has 0 bridgehead atoms. The Balaban J connectivity index is 1.39. The zero-order chi connectivity index (χ0) is 34.8. The van der Waals surface area contributed by atoms with Crippen LogP contribution in [-0.4, -0.2) is 88.9 Å². The first-order valence-electron chi connectivity index (χ1n) is 16.0. The molecule has 2 aliphatic rings. The minimum atomic E-state index is -4.45. The number of rotatable bonds is 11. The predicted octanol–water partition coefficient (Wildman–Crippen LogP) is 6.13. The molecule has 48 heavy (non-hydrogen) atoms. The van der Waals surface area contributed by atoms with E-state index in [2.05, 4.69) is 5.32 Å². The number of aliphatic carboxylic acids is 1. The van der Waals surface area contributed by atoms with Crippen LogP contribution in [0.1, 0.15) is 46.5 Å². The first-order chi connectivity index (χ1) is 22.6. The number of hydrogen-bond donors (Lipinski definition) is 2. The monoisotopic (exact) mass is 670 g/mol. The van der Waals surface area contributed by atoms with Gasteiger partial charge in [0.2, 0.25) is 5.91 Å². The van der Waals surface area contributed by atoms with Gasteiger partial charge < -0.3 is 29.7 Å². The number of alkyl halides is 3. The number of carboxylic acids is 1. The van der Waals surface area contributed by atoms with Crippen LogP contribution in [0.5, 0.6) is 11.5 Å². The molecule has 2 aromatic carbocycles. The number of fused-ring (bicyclic) bond motifs is 1. The second-order valence-electron chi connectivity index (χ2n) is 13.6. The van der Waals surface area contributed by atoms with Crippen molar-refractivity contribution in [2.24, 2.45) is 11.3 Å². The number of nitrogens with one attached hydrogen (secondary N) is 1. The molecule has 3 amide bonds. The van der Waals surface area contributed by atoms with E-state index >= 15 is 0 Å². The highest BCUT2D eigenvalue weighted by atomic mass is 19.4. The molecule has 13 heteroatoms. The number of amides is 3. The van der Waals surface area contributed by atoms with Crippen molar-refractivity contribution in [2.45, 2.75) is 70.8 Å². The average Bonchev–Trinajstić information content (AvgIpc) is 3.76. The van der Waals surface area contributed by atoms with Crippen molar-refractivity contribution in [3.05, 3.63) is 54.6 Å². The summed E-state index contributed by atoms with van der Waals surface area (Å²) in [4.78, 5) is 47.0. The number of pyridine rings is 1. The summed E-state index contributed by atoms with van der Waals surface area (Å²) in [5, 5.41) is 13.5. The molecule has 2 N–H and O–H groups in total. The standard InChI is InChI=1S/C35H41F3N4O6/c1-34(2,3)30(40-33(46)41(19-21-10-11-21)15-14-35(36,37)38)31(43)42-20-24(17-28(42)32(44)45)48-29-18-26(22-8-6-5-7-9-22)39-27-16-23(47-4)12-13-25(27)29/h5-9,12-13,16,18,21,24,28,30H,10-11,14-15,17,19-20H2,1-4H3,(H,40,46)(H,44,45). The maximum Gasteiger partial charge on any atom is 0.390 e. The Kier molecular flexibility index (Phi) is 10.1. The van der Waals surface area contributed by atoms with E-state index < -0.39 is 60.7 Å². The van der Waals surface area contributed by atoms with Crippen LogP contribution in [0, 0.1) is 11.3 Å². The average molecular weight is 671 g/mol. The number of hydrogen-bond acceptors (Lipinski definition) is 6. The van der Waals surface area contributed by atoms with Crippen LogP contribution in [0.15, 0.2) is 54.6 Å². The van der Waals surface area contributed by atoms with E-state index in [1.165, 1.54) is 4.90 Å². The van der Waals surface area contributed by atoms with Crippen LogP contribution in [0.25, 0.3) is 22.2 Å². The molecule has 2 fully saturated rings. The number of benzene rings is 2. The molecule has 1 saturated carbocycles. The summed E-state index contributed by atoms with van der Waals surface area (Å²) in [6.07, 6.45) is -4.72. The molecule has 258 valence electrons. The second-order valence-corrected chi connectivity index (χ2v) is 13.6. The third kappa shape index (κ3) is 8.48. The van der Waals surface area contributed by atoms with E-state index in [-0.39, 0.29) is 25.4 Å². The Morgan fingerprint density at radius 3 is 2.40 bits per heavy atom. The molecule has 0 spiro atoms. The van der Waals surface area contributed by atoms with Gasteiger partial charge >= 0.3 is 18.2 Å². The highest BCUT2D eigenvalue weighted by Gasteiger charge is 2.46. The van der Waals surface area contributed by atoms with Crippen LogP contribution in [0.3, 0.4) is 0 Å². The number of carboxylic acid groups (broad SMARTS) is 1. The van der Waals surface area contributed by atoms with Crippen LogP contribution in [0.2, 0.25) is 0 Å². The molecular weight excluding hydrogens is 629 g/mol. The van der Waals surface area contributed by atoms with Crippen molar-refractivity contribution >= 4 is 28.8 Å². The Bertz CT molecular complexity index is 1640.